The summed E-state index contributed by atoms with van der Waals surface area (Å²) < 4.78 is 6.10. The molecule has 0 aliphatic carbocycles. The Morgan fingerprint density at radius 3 is 2.52 bits per heavy atom. The Kier molecular flexibility index (Phi) is 5.63. The Balaban J connectivity index is 2.10. The lowest BCUT2D eigenvalue weighted by atomic mass is 10.0. The minimum Gasteiger partial charge on any atom is -0.490 e. The van der Waals surface area contributed by atoms with Crippen molar-refractivity contribution in [1.82, 2.24) is 0 Å². The first kappa shape index (κ1) is 15.4. The molecule has 0 fully saturated rings. The molecule has 0 aromatic heterocycles. The molecule has 0 spiro atoms. The van der Waals surface area contributed by atoms with Crippen LogP contribution in [-0.2, 0) is 0 Å². The van der Waals surface area contributed by atoms with Gasteiger partial charge in [-0.2, -0.15) is 5.26 Å². The number of benzene rings is 2. The molecule has 0 aliphatic rings. The van der Waals surface area contributed by atoms with E-state index in [1.54, 1.807) is 0 Å². The van der Waals surface area contributed by atoms with E-state index >= 15 is 0 Å². The van der Waals surface area contributed by atoms with Gasteiger partial charge in [0.1, 0.15) is 5.75 Å². The average Bonchev–Trinajstić information content (AvgIpc) is 2.52. The summed E-state index contributed by atoms with van der Waals surface area (Å²) in [5.41, 5.74) is 0.702. The summed E-state index contributed by atoms with van der Waals surface area (Å²) in [7, 11) is 0. The van der Waals surface area contributed by atoms with Crippen molar-refractivity contribution in [3.8, 4) is 11.8 Å². The smallest absolute Gasteiger partial charge is 0.127 e. The van der Waals surface area contributed by atoms with Crippen LogP contribution in [0.4, 0.5) is 0 Å². The molecule has 1 atom stereocenters. The fraction of sp³-hybridized carbons (Fsp3) is 0.421. The molecule has 0 aliphatic heterocycles. The van der Waals surface area contributed by atoms with Crippen molar-refractivity contribution in [2.75, 3.05) is 0 Å². The molecule has 110 valence electrons. The fourth-order valence-corrected chi connectivity index (χ4v) is 2.61. The fourth-order valence-electron chi connectivity index (χ4n) is 2.61. The van der Waals surface area contributed by atoms with Crippen molar-refractivity contribution in [1.29, 1.82) is 5.26 Å². The van der Waals surface area contributed by atoms with Gasteiger partial charge in [-0.1, -0.05) is 50.5 Å². The van der Waals surface area contributed by atoms with Crippen LogP contribution in [0.3, 0.4) is 0 Å². The van der Waals surface area contributed by atoms with Gasteiger partial charge in [-0.3, -0.25) is 0 Å². The van der Waals surface area contributed by atoms with Gasteiger partial charge >= 0.3 is 0 Å². The Bertz CT molecular complexity index is 627. The van der Waals surface area contributed by atoms with Gasteiger partial charge in [0.25, 0.3) is 0 Å². The van der Waals surface area contributed by atoms with E-state index < -0.39 is 0 Å². The second kappa shape index (κ2) is 7.69. The van der Waals surface area contributed by atoms with Crippen molar-refractivity contribution in [2.24, 2.45) is 0 Å². The van der Waals surface area contributed by atoms with E-state index in [4.69, 9.17) is 4.74 Å². The highest BCUT2D eigenvalue weighted by molar-refractivity contribution is 5.92. The maximum absolute atomic E-state index is 9.18. The van der Waals surface area contributed by atoms with Crippen LogP contribution < -0.4 is 4.74 Å². The van der Waals surface area contributed by atoms with Gasteiger partial charge < -0.3 is 4.74 Å². The standard InChI is InChI=1S/C19H23NO/c1-3-4-5-6-9-15(2)21-19-13-12-16(14-20)17-10-7-8-11-18(17)19/h7-8,10-13,15H,3-6,9H2,1-2H3. The highest BCUT2D eigenvalue weighted by atomic mass is 16.5. The van der Waals surface area contributed by atoms with E-state index in [2.05, 4.69) is 19.9 Å². The third kappa shape index (κ3) is 3.98. The molecule has 2 aromatic rings. The Hall–Kier alpha value is -2.01. The van der Waals surface area contributed by atoms with Gasteiger partial charge in [-0.25, -0.2) is 0 Å². The normalized spacial score (nSPS) is 12.0. The molecule has 0 saturated carbocycles. The molecule has 2 heteroatoms. The van der Waals surface area contributed by atoms with E-state index in [9.17, 15) is 5.26 Å². The molecule has 0 amide bonds. The molecule has 0 heterocycles. The topological polar surface area (TPSA) is 33.0 Å². The van der Waals surface area contributed by atoms with Crippen molar-refractivity contribution in [3.05, 3.63) is 42.0 Å². The third-order valence-corrected chi connectivity index (χ3v) is 3.80. The summed E-state index contributed by atoms with van der Waals surface area (Å²) in [5.74, 6) is 0.882. The van der Waals surface area contributed by atoms with Crippen LogP contribution in [0.2, 0.25) is 0 Å². The van der Waals surface area contributed by atoms with Gasteiger partial charge in [0, 0.05) is 10.8 Å². The second-order valence-corrected chi connectivity index (χ2v) is 5.55. The van der Waals surface area contributed by atoms with Crippen LogP contribution in [0.15, 0.2) is 36.4 Å². The number of nitrogens with zero attached hydrogens (tertiary/aromatic N) is 1. The van der Waals surface area contributed by atoms with Crippen LogP contribution >= 0.6 is 0 Å². The van der Waals surface area contributed by atoms with E-state index in [0.29, 0.717) is 5.56 Å². The van der Waals surface area contributed by atoms with Crippen LogP contribution in [-0.4, -0.2) is 6.10 Å². The van der Waals surface area contributed by atoms with Crippen LogP contribution in [0.25, 0.3) is 10.8 Å². The van der Waals surface area contributed by atoms with Gasteiger partial charge in [-0.15, -0.1) is 0 Å². The number of rotatable bonds is 7. The van der Waals surface area contributed by atoms with Crippen molar-refractivity contribution in [3.63, 3.8) is 0 Å². The molecule has 21 heavy (non-hydrogen) atoms. The summed E-state index contributed by atoms with van der Waals surface area (Å²) in [6, 6.07) is 14.0. The van der Waals surface area contributed by atoms with Crippen LogP contribution in [0, 0.1) is 11.3 Å². The Labute approximate surface area is 127 Å². The van der Waals surface area contributed by atoms with E-state index in [-0.39, 0.29) is 6.10 Å². The third-order valence-electron chi connectivity index (χ3n) is 3.80. The predicted octanol–water partition coefficient (Wildman–Crippen LogP) is 5.45. The first-order valence-corrected chi connectivity index (χ1v) is 7.84. The van der Waals surface area contributed by atoms with Gasteiger partial charge in [0.2, 0.25) is 0 Å². The lowest BCUT2D eigenvalue weighted by Gasteiger charge is -2.16. The van der Waals surface area contributed by atoms with Crippen LogP contribution in [0.5, 0.6) is 5.75 Å². The first-order valence-electron chi connectivity index (χ1n) is 7.84. The largest absolute Gasteiger partial charge is 0.490 e. The quantitative estimate of drug-likeness (QED) is 0.632. The monoisotopic (exact) mass is 281 g/mol. The number of ether oxygens (including phenoxy) is 1. The molecule has 1 unspecified atom stereocenters. The molecule has 2 nitrogen and oxygen atoms in total. The average molecular weight is 281 g/mol. The zero-order chi connectivity index (χ0) is 15.1. The summed E-state index contributed by atoms with van der Waals surface area (Å²) in [6.07, 6.45) is 6.33. The lowest BCUT2D eigenvalue weighted by Crippen LogP contribution is -2.11. The van der Waals surface area contributed by atoms with Gasteiger partial charge in [-0.05, 0) is 31.9 Å². The SMILES string of the molecule is CCCCCCC(C)Oc1ccc(C#N)c2ccccc12. The lowest BCUT2D eigenvalue weighted by molar-refractivity contribution is 0.209. The summed E-state index contributed by atoms with van der Waals surface area (Å²) in [5, 5.41) is 11.2. The van der Waals surface area contributed by atoms with Crippen LogP contribution in [0.1, 0.15) is 51.5 Å². The molecule has 2 aromatic carbocycles. The molecule has 0 N–H and O–H groups in total. The number of fused-ring (bicyclic) bond motifs is 1. The second-order valence-electron chi connectivity index (χ2n) is 5.55. The molecule has 0 saturated heterocycles. The number of unbranched alkanes of at least 4 members (excludes halogenated alkanes) is 3. The van der Waals surface area contributed by atoms with E-state index in [0.717, 1.165) is 22.9 Å². The zero-order valence-electron chi connectivity index (χ0n) is 12.9. The minimum atomic E-state index is 0.207. The minimum absolute atomic E-state index is 0.207. The zero-order valence-corrected chi connectivity index (χ0v) is 12.9. The van der Waals surface area contributed by atoms with E-state index in [1.165, 1.54) is 25.7 Å². The maximum Gasteiger partial charge on any atom is 0.127 e. The van der Waals surface area contributed by atoms with Crippen molar-refractivity contribution in [2.45, 2.75) is 52.1 Å². The highest BCUT2D eigenvalue weighted by Gasteiger charge is 2.09. The van der Waals surface area contributed by atoms with Gasteiger partial charge in [0.15, 0.2) is 0 Å². The Morgan fingerprint density at radius 1 is 1.05 bits per heavy atom. The molecular weight excluding hydrogens is 258 g/mol. The van der Waals surface area contributed by atoms with Crippen molar-refractivity contribution < 1.29 is 4.74 Å². The summed E-state index contributed by atoms with van der Waals surface area (Å²) in [4.78, 5) is 0. The van der Waals surface area contributed by atoms with Gasteiger partial charge in [0.05, 0.1) is 17.7 Å². The summed E-state index contributed by atoms with van der Waals surface area (Å²) in [6.45, 7) is 4.35. The predicted molar refractivity (Wildman–Crippen MR) is 87.5 cm³/mol. The first-order chi connectivity index (χ1) is 10.3. The van der Waals surface area contributed by atoms with Crippen molar-refractivity contribution >= 4 is 10.8 Å². The maximum atomic E-state index is 9.18. The highest BCUT2D eigenvalue weighted by Crippen LogP contribution is 2.29. The molecule has 0 radical (unpaired) electrons. The number of hydrogen-bond donors (Lipinski definition) is 0. The van der Waals surface area contributed by atoms with E-state index in [1.807, 2.05) is 36.4 Å². The number of nitriles is 1. The molecular formula is C19H23NO. The Morgan fingerprint density at radius 2 is 1.81 bits per heavy atom. The number of hydrogen-bond acceptors (Lipinski definition) is 2. The summed E-state index contributed by atoms with van der Waals surface area (Å²) >= 11 is 0. The molecule has 0 bridgehead atoms. The molecule has 2 rings (SSSR count).